The number of hydrogen-bond acceptors (Lipinski definition) is 6. The highest BCUT2D eigenvalue weighted by atomic mass is 16.6. The van der Waals surface area contributed by atoms with Crippen LogP contribution in [0.15, 0.2) is 97.1 Å². The lowest BCUT2D eigenvalue weighted by Crippen LogP contribution is -2.24. The van der Waals surface area contributed by atoms with E-state index in [2.05, 4.69) is 0 Å². The number of carbonyl (C=O) groups is 3. The van der Waals surface area contributed by atoms with Crippen molar-refractivity contribution in [3.05, 3.63) is 114 Å². The lowest BCUT2D eigenvalue weighted by Gasteiger charge is -2.17. The average molecular weight is 426 g/mol. The number of hydrogen-bond donors (Lipinski definition) is 1. The Kier molecular flexibility index (Phi) is 5.94. The standard InChI is InChI=1S/C26H18O6/c27-22-16-20-14-8-7-13-19(20)15-21(22)25(29)31-23(17-9-3-1-4-10-17)26(30)32-24(28)18-11-5-2-6-12-18/h1-16,23,27H. The van der Waals surface area contributed by atoms with Crippen molar-refractivity contribution in [3.8, 4) is 5.75 Å². The molecule has 0 aromatic heterocycles. The van der Waals surface area contributed by atoms with Gasteiger partial charge in [-0.25, -0.2) is 14.4 Å². The fourth-order valence-corrected chi connectivity index (χ4v) is 3.22. The van der Waals surface area contributed by atoms with Gasteiger partial charge in [0.1, 0.15) is 11.3 Å². The number of rotatable bonds is 5. The fourth-order valence-electron chi connectivity index (χ4n) is 3.22. The third-order valence-electron chi connectivity index (χ3n) is 4.83. The molecule has 6 nitrogen and oxygen atoms in total. The van der Waals surface area contributed by atoms with E-state index in [9.17, 15) is 19.5 Å². The summed E-state index contributed by atoms with van der Waals surface area (Å²) in [6.45, 7) is 0. The lowest BCUT2D eigenvalue weighted by molar-refractivity contribution is -0.148. The van der Waals surface area contributed by atoms with E-state index in [0.29, 0.717) is 5.56 Å². The quantitative estimate of drug-likeness (QED) is 0.363. The van der Waals surface area contributed by atoms with Crippen molar-refractivity contribution in [1.29, 1.82) is 0 Å². The predicted octanol–water partition coefficient (Wildman–Crippen LogP) is 4.83. The van der Waals surface area contributed by atoms with Gasteiger partial charge in [-0.05, 0) is 35.0 Å². The molecule has 1 atom stereocenters. The molecular formula is C26H18O6. The molecule has 0 spiro atoms. The topological polar surface area (TPSA) is 89.9 Å². The van der Waals surface area contributed by atoms with Crippen LogP contribution in [-0.2, 0) is 14.3 Å². The van der Waals surface area contributed by atoms with E-state index in [-0.39, 0.29) is 16.9 Å². The summed E-state index contributed by atoms with van der Waals surface area (Å²) < 4.78 is 10.4. The number of phenols is 1. The van der Waals surface area contributed by atoms with E-state index in [0.717, 1.165) is 10.8 Å². The highest BCUT2D eigenvalue weighted by molar-refractivity contribution is 6.01. The molecule has 0 heterocycles. The molecular weight excluding hydrogens is 408 g/mol. The van der Waals surface area contributed by atoms with Gasteiger partial charge in [0.15, 0.2) is 0 Å². The Morgan fingerprint density at radius 3 is 1.91 bits per heavy atom. The number of benzene rings is 4. The average Bonchev–Trinajstić information content (AvgIpc) is 2.83. The molecule has 0 bridgehead atoms. The van der Waals surface area contributed by atoms with Gasteiger partial charge in [0.25, 0.3) is 0 Å². The van der Waals surface area contributed by atoms with E-state index in [1.54, 1.807) is 66.7 Å². The second-order valence-corrected chi connectivity index (χ2v) is 6.99. The van der Waals surface area contributed by atoms with Crippen molar-refractivity contribution < 1.29 is 29.0 Å². The predicted molar refractivity (Wildman–Crippen MR) is 117 cm³/mol. The van der Waals surface area contributed by atoms with E-state index in [1.165, 1.54) is 24.3 Å². The highest BCUT2D eigenvalue weighted by Gasteiger charge is 2.30. The third kappa shape index (κ3) is 4.49. The summed E-state index contributed by atoms with van der Waals surface area (Å²) in [7, 11) is 0. The van der Waals surface area contributed by atoms with Crippen LogP contribution in [0.3, 0.4) is 0 Å². The van der Waals surface area contributed by atoms with Crippen molar-refractivity contribution in [1.82, 2.24) is 0 Å². The van der Waals surface area contributed by atoms with Crippen LogP contribution in [0.25, 0.3) is 10.8 Å². The first-order chi connectivity index (χ1) is 15.5. The largest absolute Gasteiger partial charge is 0.507 e. The zero-order chi connectivity index (χ0) is 22.5. The maximum Gasteiger partial charge on any atom is 0.360 e. The van der Waals surface area contributed by atoms with Crippen LogP contribution in [0.4, 0.5) is 0 Å². The highest BCUT2D eigenvalue weighted by Crippen LogP contribution is 2.28. The Labute approximate surface area is 183 Å². The van der Waals surface area contributed by atoms with Crippen LogP contribution in [-0.4, -0.2) is 23.0 Å². The second-order valence-electron chi connectivity index (χ2n) is 6.99. The van der Waals surface area contributed by atoms with Gasteiger partial charge in [-0.3, -0.25) is 0 Å². The van der Waals surface area contributed by atoms with Crippen LogP contribution in [0.1, 0.15) is 32.4 Å². The van der Waals surface area contributed by atoms with E-state index >= 15 is 0 Å². The van der Waals surface area contributed by atoms with Gasteiger partial charge in [-0.15, -0.1) is 0 Å². The molecule has 1 N–H and O–H groups in total. The normalized spacial score (nSPS) is 11.5. The van der Waals surface area contributed by atoms with Crippen LogP contribution in [0.5, 0.6) is 5.75 Å². The minimum Gasteiger partial charge on any atom is -0.507 e. The van der Waals surface area contributed by atoms with Gasteiger partial charge in [-0.2, -0.15) is 0 Å². The molecule has 4 aromatic rings. The monoisotopic (exact) mass is 426 g/mol. The molecule has 0 aliphatic carbocycles. The Hall–Kier alpha value is -4.45. The van der Waals surface area contributed by atoms with Gasteiger partial charge in [0.2, 0.25) is 6.10 Å². The van der Waals surface area contributed by atoms with Crippen molar-refractivity contribution in [2.24, 2.45) is 0 Å². The molecule has 0 fully saturated rings. The van der Waals surface area contributed by atoms with Crippen molar-refractivity contribution in [2.75, 3.05) is 0 Å². The SMILES string of the molecule is O=C(OC(=O)C(OC(=O)c1cc2ccccc2cc1O)c1ccccc1)c1ccccc1. The van der Waals surface area contributed by atoms with Crippen molar-refractivity contribution >= 4 is 28.7 Å². The maximum atomic E-state index is 12.9. The van der Waals surface area contributed by atoms with Crippen LogP contribution in [0.2, 0.25) is 0 Å². The summed E-state index contributed by atoms with van der Waals surface area (Å²) in [6, 6.07) is 26.3. The number of ether oxygens (including phenoxy) is 2. The molecule has 0 amide bonds. The molecule has 0 aliphatic rings. The third-order valence-corrected chi connectivity index (χ3v) is 4.83. The molecule has 1 unspecified atom stereocenters. The smallest absolute Gasteiger partial charge is 0.360 e. The molecule has 4 aromatic carbocycles. The summed E-state index contributed by atoms with van der Waals surface area (Å²) in [5.41, 5.74) is 0.407. The van der Waals surface area contributed by atoms with Gasteiger partial charge < -0.3 is 14.6 Å². The Morgan fingerprint density at radius 1 is 0.688 bits per heavy atom. The summed E-state index contributed by atoms with van der Waals surface area (Å²) in [5.74, 6) is -3.11. The van der Waals surface area contributed by atoms with Crippen molar-refractivity contribution in [3.63, 3.8) is 0 Å². The summed E-state index contributed by atoms with van der Waals surface area (Å²) in [4.78, 5) is 38.0. The molecule has 4 rings (SSSR count). The minimum atomic E-state index is -1.50. The molecule has 0 saturated carbocycles. The number of aromatic hydroxyl groups is 1. The maximum absolute atomic E-state index is 12.9. The van der Waals surface area contributed by atoms with Gasteiger partial charge in [-0.1, -0.05) is 72.8 Å². The van der Waals surface area contributed by atoms with Crippen LogP contribution in [0, 0.1) is 0 Å². The van der Waals surface area contributed by atoms with Gasteiger partial charge >= 0.3 is 17.9 Å². The van der Waals surface area contributed by atoms with Crippen LogP contribution < -0.4 is 0 Å². The fraction of sp³-hybridized carbons (Fsp3) is 0.0385. The summed E-state index contributed by atoms with van der Waals surface area (Å²) >= 11 is 0. The minimum absolute atomic E-state index is 0.105. The zero-order valence-corrected chi connectivity index (χ0v) is 16.8. The van der Waals surface area contributed by atoms with E-state index in [1.807, 2.05) is 6.07 Å². The Balaban J connectivity index is 1.61. The zero-order valence-electron chi connectivity index (χ0n) is 16.8. The molecule has 0 aliphatic heterocycles. The number of fused-ring (bicyclic) bond motifs is 1. The molecule has 6 heteroatoms. The number of esters is 3. The van der Waals surface area contributed by atoms with Gasteiger partial charge in [0, 0.05) is 5.56 Å². The summed E-state index contributed by atoms with van der Waals surface area (Å²) in [5, 5.41) is 11.8. The van der Waals surface area contributed by atoms with E-state index < -0.39 is 24.0 Å². The first-order valence-corrected chi connectivity index (χ1v) is 9.81. The Bertz CT molecular complexity index is 1280. The summed E-state index contributed by atoms with van der Waals surface area (Å²) in [6.07, 6.45) is -1.50. The van der Waals surface area contributed by atoms with Gasteiger partial charge in [0.05, 0.1) is 5.56 Å². The molecule has 32 heavy (non-hydrogen) atoms. The lowest BCUT2D eigenvalue weighted by atomic mass is 10.1. The molecule has 158 valence electrons. The molecule has 0 saturated heterocycles. The number of carbonyl (C=O) groups excluding carboxylic acids is 3. The van der Waals surface area contributed by atoms with Crippen LogP contribution >= 0.6 is 0 Å². The molecule has 0 radical (unpaired) electrons. The number of phenolic OH excluding ortho intramolecular Hbond substituents is 1. The van der Waals surface area contributed by atoms with E-state index in [4.69, 9.17) is 9.47 Å². The Morgan fingerprint density at radius 2 is 1.25 bits per heavy atom. The second kappa shape index (κ2) is 9.14. The van der Waals surface area contributed by atoms with Crippen molar-refractivity contribution in [2.45, 2.75) is 6.10 Å². The first kappa shape index (κ1) is 20.8. The first-order valence-electron chi connectivity index (χ1n) is 9.81.